The van der Waals surface area contributed by atoms with Crippen molar-refractivity contribution in [1.82, 2.24) is 4.90 Å². The Morgan fingerprint density at radius 3 is 2.82 bits per heavy atom. The molecular weight excluding hydrogens is 142 g/mol. The van der Waals surface area contributed by atoms with Crippen LogP contribution in [0.2, 0.25) is 0 Å². The van der Waals surface area contributed by atoms with E-state index in [4.69, 9.17) is 4.74 Å². The second-order valence-electron chi connectivity index (χ2n) is 3.37. The molecule has 1 unspecified atom stereocenters. The predicted octanol–water partition coefficient (Wildman–Crippen LogP) is -0.0940. The molecule has 0 N–H and O–H groups in total. The van der Waals surface area contributed by atoms with E-state index in [2.05, 4.69) is 4.90 Å². The van der Waals surface area contributed by atoms with E-state index in [9.17, 15) is 4.79 Å². The summed E-state index contributed by atoms with van der Waals surface area (Å²) in [5, 5.41) is 0. The van der Waals surface area contributed by atoms with E-state index in [0.29, 0.717) is 12.0 Å². The van der Waals surface area contributed by atoms with E-state index < -0.39 is 0 Å². The molecular formula is C8H13NO2. The number of aldehydes is 1. The van der Waals surface area contributed by atoms with Crippen molar-refractivity contribution < 1.29 is 9.53 Å². The van der Waals surface area contributed by atoms with Crippen molar-refractivity contribution >= 4 is 6.29 Å². The van der Waals surface area contributed by atoms with Crippen LogP contribution in [0.5, 0.6) is 0 Å². The quantitative estimate of drug-likeness (QED) is 0.522. The lowest BCUT2D eigenvalue weighted by molar-refractivity contribution is -0.116. The molecule has 11 heavy (non-hydrogen) atoms. The molecule has 62 valence electrons. The van der Waals surface area contributed by atoms with Gasteiger partial charge in [-0.25, -0.2) is 0 Å². The number of hydrogen-bond acceptors (Lipinski definition) is 3. The number of nitrogens with zero attached hydrogens (tertiary/aromatic N) is 1. The fraction of sp³-hybridized carbons (Fsp3) is 0.875. The van der Waals surface area contributed by atoms with Crippen LogP contribution >= 0.6 is 0 Å². The van der Waals surface area contributed by atoms with E-state index in [1.807, 2.05) is 0 Å². The molecule has 0 spiro atoms. The minimum absolute atomic E-state index is 0.301. The number of ether oxygens (including phenoxy) is 1. The van der Waals surface area contributed by atoms with Crippen LogP contribution in [0.1, 0.15) is 6.42 Å². The van der Waals surface area contributed by atoms with Crippen LogP contribution in [0.3, 0.4) is 0 Å². The summed E-state index contributed by atoms with van der Waals surface area (Å²) in [4.78, 5) is 12.6. The average Bonchev–Trinajstić information content (AvgIpc) is 2.37. The van der Waals surface area contributed by atoms with E-state index in [1.165, 1.54) is 0 Å². The summed E-state index contributed by atoms with van der Waals surface area (Å²) in [5.41, 5.74) is 0. The Morgan fingerprint density at radius 2 is 2.27 bits per heavy atom. The molecule has 2 aliphatic heterocycles. The lowest BCUT2D eigenvalue weighted by Crippen LogP contribution is -2.52. The topological polar surface area (TPSA) is 29.5 Å². The van der Waals surface area contributed by atoms with Gasteiger partial charge in [0.2, 0.25) is 0 Å². The van der Waals surface area contributed by atoms with Gasteiger partial charge in [-0.1, -0.05) is 0 Å². The highest BCUT2D eigenvalue weighted by Crippen LogP contribution is 2.21. The molecule has 3 heteroatoms. The first kappa shape index (κ1) is 7.25. The highest BCUT2D eigenvalue weighted by atomic mass is 16.5. The van der Waals surface area contributed by atoms with Crippen LogP contribution in [0.4, 0.5) is 0 Å². The Kier molecular flexibility index (Phi) is 1.92. The molecule has 2 aliphatic rings. The highest BCUT2D eigenvalue weighted by Gasteiger charge is 2.33. The Hall–Kier alpha value is -0.410. The second-order valence-corrected chi connectivity index (χ2v) is 3.37. The largest absolute Gasteiger partial charge is 0.380 e. The lowest BCUT2D eigenvalue weighted by Gasteiger charge is -2.39. The van der Waals surface area contributed by atoms with Gasteiger partial charge in [-0.15, -0.1) is 0 Å². The first-order chi connectivity index (χ1) is 5.40. The predicted molar refractivity (Wildman–Crippen MR) is 40.4 cm³/mol. The average molecular weight is 155 g/mol. The van der Waals surface area contributed by atoms with Gasteiger partial charge in [-0.2, -0.15) is 0 Å². The zero-order chi connectivity index (χ0) is 7.68. The van der Waals surface area contributed by atoms with Crippen molar-refractivity contribution in [3.05, 3.63) is 0 Å². The zero-order valence-corrected chi connectivity index (χ0v) is 6.53. The van der Waals surface area contributed by atoms with Gasteiger partial charge in [-0.05, 0) is 6.42 Å². The summed E-state index contributed by atoms with van der Waals surface area (Å²) >= 11 is 0. The van der Waals surface area contributed by atoms with Crippen molar-refractivity contribution in [1.29, 1.82) is 0 Å². The number of carbonyl (C=O) groups is 1. The van der Waals surface area contributed by atoms with Crippen LogP contribution in [-0.2, 0) is 9.53 Å². The third-order valence-corrected chi connectivity index (χ3v) is 2.55. The van der Waals surface area contributed by atoms with E-state index >= 15 is 0 Å². The third kappa shape index (κ3) is 1.30. The number of rotatable bonds is 2. The molecule has 0 amide bonds. The first-order valence-corrected chi connectivity index (χ1v) is 4.17. The standard InChI is InChI=1S/C8H13NO2/c10-5-7-3-9(4-7)8-1-2-11-6-8/h5,7-8H,1-4,6H2. The van der Waals surface area contributed by atoms with Crippen molar-refractivity contribution in [3.63, 3.8) is 0 Å². The molecule has 2 fully saturated rings. The van der Waals surface area contributed by atoms with Crippen LogP contribution in [0, 0.1) is 5.92 Å². The summed E-state index contributed by atoms with van der Waals surface area (Å²) in [6.45, 7) is 3.67. The Bertz CT molecular complexity index is 148. The minimum Gasteiger partial charge on any atom is -0.380 e. The normalized spacial score (nSPS) is 33.6. The van der Waals surface area contributed by atoms with Gasteiger partial charge in [0, 0.05) is 31.7 Å². The SMILES string of the molecule is O=CC1CN(C2CCOC2)C1. The Morgan fingerprint density at radius 1 is 1.45 bits per heavy atom. The molecule has 0 aromatic rings. The van der Waals surface area contributed by atoms with Crippen molar-refractivity contribution in [2.45, 2.75) is 12.5 Å². The fourth-order valence-electron chi connectivity index (χ4n) is 1.74. The maximum absolute atomic E-state index is 10.3. The van der Waals surface area contributed by atoms with Crippen molar-refractivity contribution in [3.8, 4) is 0 Å². The molecule has 3 nitrogen and oxygen atoms in total. The summed E-state index contributed by atoms with van der Waals surface area (Å²) in [5.74, 6) is 0.301. The molecule has 0 aliphatic carbocycles. The van der Waals surface area contributed by atoms with Gasteiger partial charge < -0.3 is 9.53 Å². The van der Waals surface area contributed by atoms with Gasteiger partial charge in [0.1, 0.15) is 6.29 Å². The summed E-state index contributed by atoms with van der Waals surface area (Å²) in [7, 11) is 0. The van der Waals surface area contributed by atoms with Crippen LogP contribution in [0.25, 0.3) is 0 Å². The summed E-state index contributed by atoms with van der Waals surface area (Å²) in [6, 6.07) is 0.603. The monoisotopic (exact) mass is 155 g/mol. The van der Waals surface area contributed by atoms with Gasteiger partial charge in [-0.3, -0.25) is 4.90 Å². The maximum Gasteiger partial charge on any atom is 0.125 e. The van der Waals surface area contributed by atoms with E-state index in [1.54, 1.807) is 0 Å². The van der Waals surface area contributed by atoms with Crippen LogP contribution in [0.15, 0.2) is 0 Å². The number of carbonyl (C=O) groups excluding carboxylic acids is 1. The van der Waals surface area contributed by atoms with E-state index in [-0.39, 0.29) is 0 Å². The zero-order valence-electron chi connectivity index (χ0n) is 6.53. The molecule has 0 bridgehead atoms. The maximum atomic E-state index is 10.3. The lowest BCUT2D eigenvalue weighted by atomic mass is 9.99. The molecule has 0 radical (unpaired) electrons. The van der Waals surface area contributed by atoms with Gasteiger partial charge in [0.25, 0.3) is 0 Å². The van der Waals surface area contributed by atoms with Gasteiger partial charge >= 0.3 is 0 Å². The molecule has 1 atom stereocenters. The van der Waals surface area contributed by atoms with E-state index in [0.717, 1.165) is 39.0 Å². The fourth-order valence-corrected chi connectivity index (χ4v) is 1.74. The second kappa shape index (κ2) is 2.91. The Labute approximate surface area is 66.3 Å². The molecule has 0 saturated carbocycles. The van der Waals surface area contributed by atoms with Gasteiger partial charge in [0.05, 0.1) is 6.61 Å². The minimum atomic E-state index is 0.301. The molecule has 2 heterocycles. The molecule has 0 aromatic heterocycles. The Balaban J connectivity index is 1.76. The summed E-state index contributed by atoms with van der Waals surface area (Å²) < 4.78 is 5.25. The van der Waals surface area contributed by atoms with Crippen LogP contribution in [-0.4, -0.2) is 43.5 Å². The first-order valence-electron chi connectivity index (χ1n) is 4.17. The molecule has 2 saturated heterocycles. The van der Waals surface area contributed by atoms with Gasteiger partial charge in [0.15, 0.2) is 0 Å². The van der Waals surface area contributed by atoms with Crippen molar-refractivity contribution in [2.75, 3.05) is 26.3 Å². The van der Waals surface area contributed by atoms with Crippen molar-refractivity contribution in [2.24, 2.45) is 5.92 Å². The smallest absolute Gasteiger partial charge is 0.125 e. The van der Waals surface area contributed by atoms with Crippen LogP contribution < -0.4 is 0 Å². The molecule has 0 aromatic carbocycles. The highest BCUT2D eigenvalue weighted by molar-refractivity contribution is 5.55. The number of hydrogen-bond donors (Lipinski definition) is 0. The molecule has 2 rings (SSSR count). The third-order valence-electron chi connectivity index (χ3n) is 2.55. The summed E-state index contributed by atoms with van der Waals surface area (Å²) in [6.07, 6.45) is 2.21. The number of likely N-dealkylation sites (tertiary alicyclic amines) is 1.